The number of aromatic carboxylic acids is 1. The van der Waals surface area contributed by atoms with Crippen molar-refractivity contribution in [3.8, 4) is 34.4 Å². The van der Waals surface area contributed by atoms with Crippen molar-refractivity contribution >= 4 is 70.0 Å². The molecule has 2 aliphatic heterocycles. The van der Waals surface area contributed by atoms with Gasteiger partial charge in [0.15, 0.2) is 29.1 Å². The predicted octanol–water partition coefficient (Wildman–Crippen LogP) is 13.3. The van der Waals surface area contributed by atoms with Crippen molar-refractivity contribution in [1.29, 1.82) is 0 Å². The van der Waals surface area contributed by atoms with Crippen LogP contribution in [0.3, 0.4) is 0 Å². The number of hydrogen-bond acceptors (Lipinski definition) is 21. The predicted molar refractivity (Wildman–Crippen MR) is 417 cm³/mol. The molecule has 12 rings (SSSR count). The summed E-state index contributed by atoms with van der Waals surface area (Å²) in [6, 6.07) is 9.19. The summed E-state index contributed by atoms with van der Waals surface area (Å²) < 4.78 is 134. The van der Waals surface area contributed by atoms with Crippen molar-refractivity contribution in [2.75, 3.05) is 14.2 Å². The molecule has 4 atom stereocenters. The zero-order chi connectivity index (χ0) is 87.5. The van der Waals surface area contributed by atoms with Crippen molar-refractivity contribution in [3.05, 3.63) is 298 Å². The first-order chi connectivity index (χ1) is 56.2. The lowest BCUT2D eigenvalue weighted by molar-refractivity contribution is -0.171. The van der Waals surface area contributed by atoms with E-state index in [0.717, 1.165) is 41.0 Å². The fourth-order valence-electron chi connectivity index (χ4n) is 12.0. The summed E-state index contributed by atoms with van der Waals surface area (Å²) in [5.41, 5.74) is 2.66. The van der Waals surface area contributed by atoms with Gasteiger partial charge in [0.05, 0.1) is 55.4 Å². The third kappa shape index (κ3) is 21.5. The molecule has 40 heteroatoms. The van der Waals surface area contributed by atoms with Crippen LogP contribution in [0.1, 0.15) is 123 Å². The maximum Gasteiger partial charge on any atom is 0.354 e. The first kappa shape index (κ1) is 90.5. The molecule has 0 aromatic carbocycles. The molecule has 2 aliphatic rings. The maximum atomic E-state index is 13.8. The Morgan fingerprint density at radius 3 is 1.08 bits per heavy atom. The highest BCUT2D eigenvalue weighted by atomic mass is 35.5. The van der Waals surface area contributed by atoms with E-state index in [0.29, 0.717) is 76.0 Å². The van der Waals surface area contributed by atoms with Crippen molar-refractivity contribution < 1.29 is 88.3 Å². The SMILES string of the molecule is CC(=O)c1cc(-n2c(C)cc(OCc3ncc(F)cc3F)c(Cl)c2=O)c(C)cn1.CC1=CN[C@@H](C(=O)O)C[C@H]1n1c(C)cc(OCc2ncc(F)cc2F)c(Cl)c1=O.CON(C)C(=O)[C@H]1C[C@@H](n2c(C)cc(OCc3ncc(F)cc3F)c(Cl)c2=O)C(C)=CN1.Cc1cnc(C(=O)O)cc1-n1c(C)cc(OCc2ncc(F)cc2F)c(Cl)c1=O. The Balaban J connectivity index is 0.000000181. The van der Waals surface area contributed by atoms with Crippen LogP contribution in [0.4, 0.5) is 35.1 Å². The molecule has 0 spiro atoms. The lowest BCUT2D eigenvalue weighted by Crippen LogP contribution is -2.47. The number of hydrogen-bond donors (Lipinski definition) is 4. The van der Waals surface area contributed by atoms with Crippen LogP contribution in [-0.2, 0) is 40.9 Å². The molecule has 119 heavy (non-hydrogen) atoms. The highest BCUT2D eigenvalue weighted by Crippen LogP contribution is 2.35. The van der Waals surface area contributed by atoms with Gasteiger partial charge in [0.1, 0.15) is 139 Å². The van der Waals surface area contributed by atoms with Gasteiger partial charge in [-0.2, -0.15) is 0 Å². The van der Waals surface area contributed by atoms with Crippen LogP contribution < -0.4 is 51.8 Å². The van der Waals surface area contributed by atoms with E-state index in [1.54, 1.807) is 66.9 Å². The number of aliphatic carboxylic acids is 1. The molecule has 4 N–H and O–H groups in total. The minimum atomic E-state index is -1.24. The number of hydroxylamine groups is 2. The van der Waals surface area contributed by atoms with Crippen molar-refractivity contribution in [2.24, 2.45) is 0 Å². The van der Waals surface area contributed by atoms with Crippen molar-refractivity contribution in [2.45, 2.75) is 126 Å². The third-order valence-electron chi connectivity index (χ3n) is 18.3. The van der Waals surface area contributed by atoms with Gasteiger partial charge in [0.2, 0.25) is 0 Å². The molecule has 0 saturated heterocycles. The molecule has 0 saturated carbocycles. The van der Waals surface area contributed by atoms with Gasteiger partial charge in [-0.05, 0) is 102 Å². The monoisotopic (exact) mass is 1730 g/mol. The number of nitrogens with one attached hydrogen (secondary N) is 2. The quantitative estimate of drug-likeness (QED) is 0.0295. The first-order valence-corrected chi connectivity index (χ1v) is 36.7. The minimum absolute atomic E-state index is 0.0129. The lowest BCUT2D eigenvalue weighted by atomic mass is 9.96. The zero-order valence-electron chi connectivity index (χ0n) is 64.6. The van der Waals surface area contributed by atoms with Crippen LogP contribution in [0.5, 0.6) is 23.0 Å². The van der Waals surface area contributed by atoms with Crippen LogP contribution in [0.25, 0.3) is 11.4 Å². The Labute approximate surface area is 690 Å². The minimum Gasteiger partial charge on any atom is -0.485 e. The fourth-order valence-corrected chi connectivity index (χ4v) is 12.8. The zero-order valence-corrected chi connectivity index (χ0v) is 67.6. The highest BCUT2D eigenvalue weighted by Gasteiger charge is 2.34. The van der Waals surface area contributed by atoms with E-state index in [9.17, 15) is 78.6 Å². The van der Waals surface area contributed by atoms with Gasteiger partial charge in [0, 0.05) is 111 Å². The van der Waals surface area contributed by atoms with Gasteiger partial charge >= 0.3 is 11.9 Å². The van der Waals surface area contributed by atoms with E-state index in [4.69, 9.17) is 75.3 Å². The van der Waals surface area contributed by atoms with Gasteiger partial charge < -0.3 is 48.9 Å². The second-order valence-corrected chi connectivity index (χ2v) is 28.1. The molecular weight excluding hydrogens is 1660 g/mol. The molecule has 28 nitrogen and oxygen atoms in total. The number of carbonyl (C=O) groups excluding carboxylic acids is 2. The Bertz CT molecular complexity index is 5770. The number of aryl methyl sites for hydroxylation is 6. The van der Waals surface area contributed by atoms with E-state index in [1.165, 1.54) is 82.1 Å². The number of carboxylic acid groups (broad SMARTS) is 2. The summed E-state index contributed by atoms with van der Waals surface area (Å²) >= 11 is 24.8. The summed E-state index contributed by atoms with van der Waals surface area (Å²) in [6.07, 6.45) is 10.0. The van der Waals surface area contributed by atoms with Crippen molar-refractivity contribution in [1.82, 2.24) is 63.9 Å². The average Bonchev–Trinajstić information content (AvgIpc) is 0.792. The Kier molecular flexibility index (Phi) is 29.9. The van der Waals surface area contributed by atoms with Gasteiger partial charge in [-0.1, -0.05) is 46.4 Å². The molecule has 0 bridgehead atoms. The molecule has 0 unspecified atom stereocenters. The maximum absolute atomic E-state index is 13.8. The Morgan fingerprint density at radius 2 is 0.765 bits per heavy atom. The third-order valence-corrected chi connectivity index (χ3v) is 19.7. The van der Waals surface area contributed by atoms with E-state index in [-0.39, 0.29) is 122 Å². The number of pyridine rings is 10. The number of ether oxygens (including phenoxy) is 4. The van der Waals surface area contributed by atoms with Crippen molar-refractivity contribution in [3.63, 3.8) is 0 Å². The smallest absolute Gasteiger partial charge is 0.354 e. The van der Waals surface area contributed by atoms with Crippen LogP contribution in [0.15, 0.2) is 141 Å². The summed E-state index contributed by atoms with van der Waals surface area (Å²) in [5, 5.41) is 24.4. The summed E-state index contributed by atoms with van der Waals surface area (Å²) in [4.78, 5) is 126. The second-order valence-electron chi connectivity index (χ2n) is 26.6. The number of aromatic nitrogens is 10. The number of ketones is 1. The number of nitrogens with zero attached hydrogens (tertiary/aromatic N) is 11. The number of rotatable bonds is 21. The number of carbonyl (C=O) groups is 4. The average molecular weight is 1740 g/mol. The van der Waals surface area contributed by atoms with Crippen LogP contribution in [-0.4, -0.2) is 113 Å². The number of likely N-dealkylation sites (N-methyl/N-ethyl adjacent to an activating group) is 1. The largest absolute Gasteiger partial charge is 0.485 e. The van der Waals surface area contributed by atoms with E-state index >= 15 is 0 Å². The van der Waals surface area contributed by atoms with E-state index in [1.807, 2.05) is 6.92 Å². The standard InChI is InChI=1S/C21H23ClF2N4O4.C20H16ClF2N3O3.C19H18ClF2N3O4.C19H14ClF2N3O4/c1-11-8-25-15(20(29)27(3)31-4)7-17(11)28-12(2)5-18(19(22)21(28)30)32-10-16-14(24)6-13(23)9-26-16;1-10-7-24-15(12(3)27)6-17(10)26-11(2)4-18(19(21)20(26)28)29-9-16-14(23)5-13(22)8-25-16;2*1-9-6-23-13(19(27)28)5-15(9)25-10(2)3-16(17(20)18(25)26)29-8-14-12(22)4-11(21)7-24-14/h5-6,8-9,15,17,25H,7,10H2,1-4H3;4-8H,9H2,1-3H3;3-4,6-7,13,15,23H,5,8H2,1-2H3,(H,27,28);3-7H,8H2,1-2H3,(H,27,28)/t15-,17-;;13-,15-;/m1.1./s1. The number of carboxylic acids is 2. The molecule has 0 radical (unpaired) electrons. The van der Waals surface area contributed by atoms with Crippen LogP contribution in [0.2, 0.25) is 20.1 Å². The van der Waals surface area contributed by atoms with Gasteiger partial charge in [-0.15, -0.1) is 0 Å². The normalized spacial score (nSPS) is 14.7. The molecule has 626 valence electrons. The molecule has 12 heterocycles. The first-order valence-electron chi connectivity index (χ1n) is 35.2. The lowest BCUT2D eigenvalue weighted by Gasteiger charge is -2.33. The molecule has 1 amide bonds. The van der Waals surface area contributed by atoms with Gasteiger partial charge in [-0.25, -0.2) is 54.8 Å². The molecular formula is C79H71Cl4F8N13O15. The van der Waals surface area contributed by atoms with E-state index < -0.39 is 105 Å². The Morgan fingerprint density at radius 1 is 0.454 bits per heavy atom. The van der Waals surface area contributed by atoms with Gasteiger partial charge in [-0.3, -0.25) is 67.7 Å². The molecule has 0 aliphatic carbocycles. The Hall–Kier alpha value is -12.4. The van der Waals surface area contributed by atoms with Crippen LogP contribution in [0, 0.1) is 88.1 Å². The number of amides is 1. The van der Waals surface area contributed by atoms with Gasteiger partial charge in [0.25, 0.3) is 28.1 Å². The van der Waals surface area contributed by atoms with E-state index in [2.05, 4.69) is 40.5 Å². The fraction of sp³-hybridized carbons (Fsp3) is 0.266. The number of allylic oxidation sites excluding steroid dienone is 2. The molecule has 10 aromatic rings. The topological polar surface area (TPSA) is 348 Å². The summed E-state index contributed by atoms with van der Waals surface area (Å²) in [6.45, 7) is 13.7. The number of halogens is 12. The second kappa shape index (κ2) is 39.3. The summed E-state index contributed by atoms with van der Waals surface area (Å²) in [7, 11) is 2.89. The summed E-state index contributed by atoms with van der Waals surface area (Å²) in [5.74, 6) is -9.42. The molecule has 10 aromatic heterocycles. The van der Waals surface area contributed by atoms with Crippen LogP contribution >= 0.6 is 46.4 Å². The number of Topliss-reactive ketones (excluding diaryl/α,β-unsaturated/α-hetero) is 1. The highest BCUT2D eigenvalue weighted by molar-refractivity contribution is 6.33. The molecule has 0 fully saturated rings.